The Kier molecular flexibility index (Phi) is 2.48. The molecule has 74 valence electrons. The molecule has 0 saturated carbocycles. The molecule has 3 N–H and O–H groups in total. The number of halogens is 1. The average molecular weight is 255 g/mol. The van der Waals surface area contributed by atoms with E-state index in [0.717, 1.165) is 26.8 Å². The summed E-state index contributed by atoms with van der Waals surface area (Å²) in [4.78, 5) is 3.21. The Morgan fingerprint density at radius 3 is 2.93 bits per heavy atom. The van der Waals surface area contributed by atoms with Crippen molar-refractivity contribution in [3.8, 4) is 5.75 Å². The number of nitrogens with one attached hydrogen (secondary N) is 1. The number of methoxy groups -OCH3 is 1. The van der Waals surface area contributed by atoms with E-state index in [1.165, 1.54) is 0 Å². The van der Waals surface area contributed by atoms with Crippen molar-refractivity contribution < 1.29 is 4.74 Å². The minimum Gasteiger partial charge on any atom is -0.496 e. The fraction of sp³-hybridized carbons (Fsp3) is 0.200. The maximum absolute atomic E-state index is 5.68. The third kappa shape index (κ3) is 1.31. The first kappa shape index (κ1) is 9.55. The van der Waals surface area contributed by atoms with Crippen LogP contribution in [-0.4, -0.2) is 12.1 Å². The highest BCUT2D eigenvalue weighted by Crippen LogP contribution is 2.32. The molecule has 0 saturated heterocycles. The standard InChI is InChI=1S/C10H11BrN2O/c1-14-8-4-2-3-7-9(8)6(5-12)10(11)13-7/h2-4,13H,5,12H2,1H3. The lowest BCUT2D eigenvalue weighted by atomic mass is 10.1. The Hall–Kier alpha value is -1.00. The lowest BCUT2D eigenvalue weighted by molar-refractivity contribution is 0.419. The predicted molar refractivity (Wildman–Crippen MR) is 60.4 cm³/mol. The number of ether oxygens (including phenoxy) is 1. The number of aromatic nitrogens is 1. The van der Waals surface area contributed by atoms with Crippen molar-refractivity contribution in [2.45, 2.75) is 6.54 Å². The van der Waals surface area contributed by atoms with Crippen LogP contribution in [0, 0.1) is 0 Å². The summed E-state index contributed by atoms with van der Waals surface area (Å²) >= 11 is 3.44. The molecule has 1 heterocycles. The van der Waals surface area contributed by atoms with Crippen LogP contribution in [0.1, 0.15) is 5.56 Å². The molecule has 0 atom stereocenters. The molecule has 0 fully saturated rings. The molecule has 0 spiro atoms. The average Bonchev–Trinajstić information content (AvgIpc) is 2.52. The minimum atomic E-state index is 0.487. The molecule has 0 bridgehead atoms. The third-order valence-corrected chi connectivity index (χ3v) is 2.94. The van der Waals surface area contributed by atoms with E-state index in [4.69, 9.17) is 10.5 Å². The van der Waals surface area contributed by atoms with Crippen LogP contribution >= 0.6 is 15.9 Å². The topological polar surface area (TPSA) is 51.0 Å². The molecule has 1 aromatic carbocycles. The van der Waals surface area contributed by atoms with E-state index < -0.39 is 0 Å². The van der Waals surface area contributed by atoms with Gasteiger partial charge in [-0.2, -0.15) is 0 Å². The maximum Gasteiger partial charge on any atom is 0.128 e. The van der Waals surface area contributed by atoms with Gasteiger partial charge in [0.15, 0.2) is 0 Å². The van der Waals surface area contributed by atoms with Crippen LogP contribution in [0.2, 0.25) is 0 Å². The van der Waals surface area contributed by atoms with Gasteiger partial charge in [0.2, 0.25) is 0 Å². The first-order valence-corrected chi connectivity index (χ1v) is 5.10. The summed E-state index contributed by atoms with van der Waals surface area (Å²) in [6.45, 7) is 0.487. The smallest absolute Gasteiger partial charge is 0.128 e. The second-order valence-electron chi connectivity index (χ2n) is 3.00. The Labute approximate surface area is 90.4 Å². The molecule has 0 aliphatic heterocycles. The van der Waals surface area contributed by atoms with Crippen molar-refractivity contribution in [3.63, 3.8) is 0 Å². The molecule has 3 nitrogen and oxygen atoms in total. The quantitative estimate of drug-likeness (QED) is 0.865. The van der Waals surface area contributed by atoms with Gasteiger partial charge in [0.25, 0.3) is 0 Å². The Morgan fingerprint density at radius 1 is 1.50 bits per heavy atom. The van der Waals surface area contributed by atoms with Crippen LogP contribution in [-0.2, 0) is 6.54 Å². The largest absolute Gasteiger partial charge is 0.496 e. The van der Waals surface area contributed by atoms with E-state index in [2.05, 4.69) is 20.9 Å². The van der Waals surface area contributed by atoms with Gasteiger partial charge < -0.3 is 15.5 Å². The summed E-state index contributed by atoms with van der Waals surface area (Å²) in [5.74, 6) is 0.852. The summed E-state index contributed by atoms with van der Waals surface area (Å²) in [5.41, 5.74) is 7.77. The number of nitrogens with two attached hydrogens (primary N) is 1. The lowest BCUT2D eigenvalue weighted by Gasteiger charge is -2.02. The normalized spacial score (nSPS) is 10.8. The van der Waals surface area contributed by atoms with Crippen molar-refractivity contribution in [1.29, 1.82) is 0 Å². The molecule has 0 radical (unpaired) electrons. The maximum atomic E-state index is 5.68. The van der Waals surface area contributed by atoms with Crippen LogP contribution < -0.4 is 10.5 Å². The molecule has 14 heavy (non-hydrogen) atoms. The number of benzene rings is 1. The van der Waals surface area contributed by atoms with Gasteiger partial charge >= 0.3 is 0 Å². The van der Waals surface area contributed by atoms with Crippen molar-refractivity contribution in [2.24, 2.45) is 5.73 Å². The lowest BCUT2D eigenvalue weighted by Crippen LogP contribution is -1.96. The van der Waals surface area contributed by atoms with Gasteiger partial charge in [0, 0.05) is 17.5 Å². The number of H-pyrrole nitrogens is 1. The molecule has 0 aliphatic carbocycles. The number of aromatic amines is 1. The van der Waals surface area contributed by atoms with Gasteiger partial charge in [-0.1, -0.05) is 6.07 Å². The van der Waals surface area contributed by atoms with Gasteiger partial charge in [0.1, 0.15) is 5.75 Å². The molecule has 2 rings (SSSR count). The van der Waals surface area contributed by atoms with Crippen LogP contribution in [0.25, 0.3) is 10.9 Å². The van der Waals surface area contributed by atoms with E-state index in [9.17, 15) is 0 Å². The van der Waals surface area contributed by atoms with E-state index in [1.807, 2.05) is 18.2 Å². The summed E-state index contributed by atoms with van der Waals surface area (Å²) in [5, 5.41) is 1.06. The molecule has 1 aromatic heterocycles. The molecule has 0 aliphatic rings. The van der Waals surface area contributed by atoms with Crippen LogP contribution in [0.4, 0.5) is 0 Å². The van der Waals surface area contributed by atoms with Crippen molar-refractivity contribution in [1.82, 2.24) is 4.98 Å². The van der Waals surface area contributed by atoms with Gasteiger partial charge in [-0.25, -0.2) is 0 Å². The van der Waals surface area contributed by atoms with Gasteiger partial charge in [-0.15, -0.1) is 0 Å². The molecular weight excluding hydrogens is 244 g/mol. The van der Waals surface area contributed by atoms with Crippen LogP contribution in [0.15, 0.2) is 22.8 Å². The minimum absolute atomic E-state index is 0.487. The second kappa shape index (κ2) is 3.63. The number of rotatable bonds is 2. The van der Waals surface area contributed by atoms with E-state index in [1.54, 1.807) is 7.11 Å². The van der Waals surface area contributed by atoms with Crippen molar-refractivity contribution in [2.75, 3.05) is 7.11 Å². The summed E-state index contributed by atoms with van der Waals surface area (Å²) in [7, 11) is 1.66. The highest BCUT2D eigenvalue weighted by molar-refractivity contribution is 9.10. The molecule has 4 heteroatoms. The fourth-order valence-corrected chi connectivity index (χ4v) is 2.19. The SMILES string of the molecule is COc1cccc2[nH]c(Br)c(CN)c12. The highest BCUT2D eigenvalue weighted by atomic mass is 79.9. The summed E-state index contributed by atoms with van der Waals surface area (Å²) in [6.07, 6.45) is 0. The monoisotopic (exact) mass is 254 g/mol. The molecule has 2 aromatic rings. The number of fused-ring (bicyclic) bond motifs is 1. The van der Waals surface area contributed by atoms with E-state index in [-0.39, 0.29) is 0 Å². The zero-order valence-corrected chi connectivity index (χ0v) is 9.39. The summed E-state index contributed by atoms with van der Waals surface area (Å²) < 4.78 is 6.22. The fourth-order valence-electron chi connectivity index (χ4n) is 1.61. The molecular formula is C10H11BrN2O. The predicted octanol–water partition coefficient (Wildman–Crippen LogP) is 2.40. The van der Waals surface area contributed by atoms with Gasteiger partial charge in [-0.05, 0) is 28.1 Å². The van der Waals surface area contributed by atoms with E-state index in [0.29, 0.717) is 6.54 Å². The van der Waals surface area contributed by atoms with Gasteiger partial charge in [-0.3, -0.25) is 0 Å². The zero-order chi connectivity index (χ0) is 10.1. The Morgan fingerprint density at radius 2 is 2.29 bits per heavy atom. The Bertz CT molecular complexity index is 464. The van der Waals surface area contributed by atoms with Crippen LogP contribution in [0.3, 0.4) is 0 Å². The molecule has 0 amide bonds. The van der Waals surface area contributed by atoms with Crippen LogP contribution in [0.5, 0.6) is 5.75 Å². The number of hydrogen-bond acceptors (Lipinski definition) is 2. The third-order valence-electron chi connectivity index (χ3n) is 2.26. The highest BCUT2D eigenvalue weighted by Gasteiger charge is 2.11. The van der Waals surface area contributed by atoms with Crippen molar-refractivity contribution in [3.05, 3.63) is 28.4 Å². The van der Waals surface area contributed by atoms with E-state index >= 15 is 0 Å². The first-order valence-electron chi connectivity index (χ1n) is 4.31. The van der Waals surface area contributed by atoms with Gasteiger partial charge in [0.05, 0.1) is 17.2 Å². The molecule has 0 unspecified atom stereocenters. The number of hydrogen-bond donors (Lipinski definition) is 2. The second-order valence-corrected chi connectivity index (χ2v) is 3.80. The summed E-state index contributed by atoms with van der Waals surface area (Å²) in [6, 6.07) is 5.88. The zero-order valence-electron chi connectivity index (χ0n) is 7.80. The first-order chi connectivity index (χ1) is 6.77. The van der Waals surface area contributed by atoms with Crippen molar-refractivity contribution >= 4 is 26.8 Å². The Balaban J connectivity index is 2.82.